The molecule has 0 aliphatic rings. The highest BCUT2D eigenvalue weighted by Crippen LogP contribution is 1.73. The smallest absolute Gasteiger partial charge is 0.00627 e. The van der Waals surface area contributed by atoms with Crippen LogP contribution in [-0.4, -0.2) is 0 Å². The lowest BCUT2D eigenvalue weighted by molar-refractivity contribution is 1.63. The summed E-state index contributed by atoms with van der Waals surface area (Å²) in [5.74, 6) is 1.69. The van der Waals surface area contributed by atoms with E-state index in [1.54, 1.807) is 5.82 Å². The second-order valence-electron chi connectivity index (χ2n) is 0.385. The van der Waals surface area contributed by atoms with Gasteiger partial charge in [0.15, 0.2) is 0 Å². The van der Waals surface area contributed by atoms with Gasteiger partial charge >= 0.3 is 0 Å². The molecule has 0 rings (SSSR count). The molecule has 0 aromatic rings. The first-order valence-electron chi connectivity index (χ1n) is 1.00. The number of hydrogen-bond acceptors (Lipinski definition) is 1. The lowest BCUT2D eigenvalue weighted by atomic mass is 11.1. The monoisotopic (exact) mass is 75.0 g/mol. The van der Waals surface area contributed by atoms with E-state index in [1.165, 1.54) is 6.20 Å². The summed E-state index contributed by atoms with van der Waals surface area (Å²) >= 11 is 0. The van der Waals surface area contributed by atoms with Crippen molar-refractivity contribution in [3.05, 3.63) is 12.0 Å². The molecule has 4 heavy (non-hydrogen) atoms. The minimum atomic E-state index is 1.46. The van der Waals surface area contributed by atoms with Gasteiger partial charge in [-0.3, -0.25) is 0 Å². The first kappa shape index (κ1) is 3.97. The minimum Gasteiger partial charge on any atom is -0.405 e. The Labute approximate surface area is 28.1 Å². The fraction of sp³-hybridized carbons (Fsp3) is 0. The second-order valence-corrected chi connectivity index (χ2v) is 0.770. The summed E-state index contributed by atoms with van der Waals surface area (Å²) in [6.45, 7) is 0. The van der Waals surface area contributed by atoms with E-state index >= 15 is 0 Å². The first-order valence-corrected chi connectivity index (χ1v) is 1.67. The summed E-state index contributed by atoms with van der Waals surface area (Å²) in [7, 11) is 2.35. The number of rotatable bonds is 0. The fourth-order valence-corrected chi connectivity index (χ4v) is 0. The molecule has 2 N–H and O–H groups in total. The van der Waals surface area contributed by atoms with Gasteiger partial charge in [0.05, 0.1) is 0 Å². The molecule has 24 valence electrons. The van der Waals surface area contributed by atoms with Crippen molar-refractivity contribution >= 4 is 9.24 Å². The van der Waals surface area contributed by atoms with Gasteiger partial charge in [0.25, 0.3) is 0 Å². The highest BCUT2D eigenvalue weighted by Gasteiger charge is 1.32. The highest BCUT2D eigenvalue weighted by atomic mass is 31.0. The van der Waals surface area contributed by atoms with Crippen molar-refractivity contribution in [2.75, 3.05) is 0 Å². The molecule has 1 unspecified atom stereocenters. The maximum absolute atomic E-state index is 4.83. The zero-order valence-corrected chi connectivity index (χ0v) is 3.46. The molecule has 2 heteroatoms. The molecule has 0 aromatic carbocycles. The maximum atomic E-state index is 4.83. The van der Waals surface area contributed by atoms with E-state index in [0.717, 1.165) is 0 Å². The molecule has 0 bridgehead atoms. The molecule has 0 amide bonds. The van der Waals surface area contributed by atoms with Crippen LogP contribution >= 0.6 is 9.24 Å². The Morgan fingerprint density at radius 2 is 2.00 bits per heavy atom. The van der Waals surface area contributed by atoms with Crippen LogP contribution in [0.3, 0.4) is 0 Å². The van der Waals surface area contributed by atoms with Gasteiger partial charge in [0, 0.05) is 0 Å². The van der Waals surface area contributed by atoms with Crippen molar-refractivity contribution in [3.8, 4) is 0 Å². The quantitative estimate of drug-likeness (QED) is 0.411. The molecule has 1 atom stereocenters. The van der Waals surface area contributed by atoms with Crippen molar-refractivity contribution in [2.45, 2.75) is 0 Å². The lowest BCUT2D eigenvalue weighted by Crippen LogP contribution is -1.69. The van der Waals surface area contributed by atoms with Gasteiger partial charge in [-0.15, -0.1) is 9.24 Å². The van der Waals surface area contributed by atoms with Crippen molar-refractivity contribution in [1.29, 1.82) is 0 Å². The summed E-state index contributed by atoms with van der Waals surface area (Å²) in [6, 6.07) is 0. The molecule has 0 fully saturated rings. The van der Waals surface area contributed by atoms with Crippen LogP contribution in [0.5, 0.6) is 0 Å². The van der Waals surface area contributed by atoms with Crippen LogP contribution < -0.4 is 5.73 Å². The van der Waals surface area contributed by atoms with Crippen molar-refractivity contribution in [3.63, 3.8) is 0 Å². The normalized spacial score (nSPS) is 9.25. The Bertz CT molecular complexity index is 21.2. The van der Waals surface area contributed by atoms with Crippen molar-refractivity contribution < 1.29 is 0 Å². The van der Waals surface area contributed by atoms with Crippen LogP contribution in [-0.2, 0) is 0 Å². The molecule has 1 nitrogen and oxygen atoms in total. The fourth-order valence-electron chi connectivity index (χ4n) is 0. The SMILES string of the molecule is NC=CP. The molecule has 0 aliphatic heterocycles. The topological polar surface area (TPSA) is 26.0 Å². The number of nitrogens with two attached hydrogens (primary N) is 1. The molecule has 0 saturated carbocycles. The Hall–Kier alpha value is -0.0300. The van der Waals surface area contributed by atoms with Gasteiger partial charge in [0.2, 0.25) is 0 Å². The Kier molecular flexibility index (Phi) is 2.95. The van der Waals surface area contributed by atoms with Crippen LogP contribution in [0, 0.1) is 0 Å². The molecule has 0 aromatic heterocycles. The average molecular weight is 75.1 g/mol. The van der Waals surface area contributed by atoms with Gasteiger partial charge < -0.3 is 5.73 Å². The first-order chi connectivity index (χ1) is 1.91. The van der Waals surface area contributed by atoms with Crippen molar-refractivity contribution in [2.24, 2.45) is 5.73 Å². The summed E-state index contributed by atoms with van der Waals surface area (Å²) in [6.07, 6.45) is 1.46. The second kappa shape index (κ2) is 2.97. The van der Waals surface area contributed by atoms with Crippen LogP contribution in [0.1, 0.15) is 0 Å². The van der Waals surface area contributed by atoms with Crippen LogP contribution in [0.2, 0.25) is 0 Å². The van der Waals surface area contributed by atoms with E-state index < -0.39 is 0 Å². The van der Waals surface area contributed by atoms with Gasteiger partial charge in [-0.25, -0.2) is 0 Å². The molecular formula is C2H6NP. The maximum Gasteiger partial charge on any atom is -0.00627 e. The van der Waals surface area contributed by atoms with Gasteiger partial charge in [-0.2, -0.15) is 0 Å². The van der Waals surface area contributed by atoms with Gasteiger partial charge in [0.1, 0.15) is 0 Å². The Balaban J connectivity index is 2.55. The van der Waals surface area contributed by atoms with E-state index in [0.29, 0.717) is 0 Å². The standard InChI is InChI=1S/C2H6NP/c3-1-2-4/h1-2H,3-4H2. The summed E-state index contributed by atoms with van der Waals surface area (Å²) < 4.78 is 0. The van der Waals surface area contributed by atoms with Gasteiger partial charge in [-0.1, -0.05) is 5.82 Å². The average Bonchev–Trinajstić information content (AvgIpc) is 1.37. The third kappa shape index (κ3) is 1.97. The van der Waals surface area contributed by atoms with E-state index in [4.69, 9.17) is 5.73 Å². The van der Waals surface area contributed by atoms with Gasteiger partial charge in [-0.05, 0) is 6.20 Å². The van der Waals surface area contributed by atoms with Crippen LogP contribution in [0.15, 0.2) is 12.0 Å². The summed E-state index contributed by atoms with van der Waals surface area (Å²) in [4.78, 5) is 0. The molecule has 0 saturated heterocycles. The molecule has 0 spiro atoms. The third-order valence-electron chi connectivity index (χ3n) is 0.111. The predicted octanol–water partition coefficient (Wildman–Crippen LogP) is 0.291. The minimum absolute atomic E-state index is 1.46. The Morgan fingerprint density at radius 1 is 1.75 bits per heavy atom. The molecule has 0 radical (unpaired) electrons. The van der Waals surface area contributed by atoms with E-state index in [-0.39, 0.29) is 0 Å². The van der Waals surface area contributed by atoms with E-state index in [2.05, 4.69) is 9.24 Å². The zero-order valence-electron chi connectivity index (χ0n) is 2.31. The van der Waals surface area contributed by atoms with Crippen molar-refractivity contribution in [1.82, 2.24) is 0 Å². The summed E-state index contributed by atoms with van der Waals surface area (Å²) in [5.41, 5.74) is 4.83. The highest BCUT2D eigenvalue weighted by molar-refractivity contribution is 7.20. The molecule has 0 aliphatic carbocycles. The summed E-state index contributed by atoms with van der Waals surface area (Å²) in [5, 5.41) is 0. The van der Waals surface area contributed by atoms with Crippen LogP contribution in [0.25, 0.3) is 0 Å². The lowest BCUT2D eigenvalue weighted by Gasteiger charge is -1.53. The van der Waals surface area contributed by atoms with Crippen LogP contribution in [0.4, 0.5) is 0 Å². The zero-order chi connectivity index (χ0) is 3.41. The largest absolute Gasteiger partial charge is 0.405 e. The van der Waals surface area contributed by atoms with E-state index in [1.807, 2.05) is 0 Å². The van der Waals surface area contributed by atoms with E-state index in [9.17, 15) is 0 Å². The Morgan fingerprint density at radius 3 is 2.00 bits per heavy atom. The predicted molar refractivity (Wildman–Crippen MR) is 23.0 cm³/mol. The number of hydrogen-bond donors (Lipinski definition) is 1. The third-order valence-corrected chi connectivity index (χ3v) is 0.333. The molecule has 0 heterocycles. The molecular weight excluding hydrogens is 69.0 g/mol.